The third-order valence-electron chi connectivity index (χ3n) is 11.4. The second-order valence-electron chi connectivity index (χ2n) is 17.3. The van der Waals surface area contributed by atoms with Gasteiger partial charge in [-0.25, -0.2) is 0 Å². The molecule has 412 valence electrons. The molecule has 6 N–H and O–H groups in total. The molecule has 0 radical (unpaired) electrons. The maximum atomic E-state index is 12.6. The van der Waals surface area contributed by atoms with Gasteiger partial charge < -0.3 is 19.7 Å². The normalized spacial score (nSPS) is 12.8. The van der Waals surface area contributed by atoms with E-state index in [0.29, 0.717) is 56.6 Å². The van der Waals surface area contributed by atoms with Crippen molar-refractivity contribution >= 4 is 108 Å². The molecule has 7 aromatic carbocycles. The van der Waals surface area contributed by atoms with Crippen molar-refractivity contribution in [1.29, 1.82) is 0 Å². The summed E-state index contributed by atoms with van der Waals surface area (Å²) in [6, 6.07) is 21.7. The van der Waals surface area contributed by atoms with Gasteiger partial charge in [-0.1, -0.05) is 0 Å². The number of methoxy groups -OCH3 is 1. The van der Waals surface area contributed by atoms with E-state index in [1.165, 1.54) is 55.6 Å². The number of phenols is 2. The SMILES string of the molecule is COc1cc(N=Nc2ccc3c(O)c(N=Nc4cc(C)c(N=Nc5cc(C)c(N=Nc6cc(C)c(N=Nc7ccc(S(=O)(=O)O)cc7S(=O)(=O)O)cc6OCCCS(=O)(=O)O)cc5C)cc4C)c(S(=O)(=O)O)cc3c2)ccc1O. The van der Waals surface area contributed by atoms with Gasteiger partial charge in [-0.3, -0.25) is 18.2 Å². The van der Waals surface area contributed by atoms with Gasteiger partial charge in [-0.15, -0.1) is 15.3 Å². The highest BCUT2D eigenvalue weighted by atomic mass is 32.2. The fraction of sp³-hybridized carbons (Fsp3) is 0.184. The molecule has 0 bridgehead atoms. The van der Waals surface area contributed by atoms with Gasteiger partial charge in [-0.2, -0.15) is 69.5 Å². The van der Waals surface area contributed by atoms with Gasteiger partial charge in [0, 0.05) is 17.5 Å². The summed E-state index contributed by atoms with van der Waals surface area (Å²) in [5.74, 6) is -1.11. The standard InChI is InChI=1S/C49H46N10O16S4/c1-26-17-39(55-58-42-20-30(5)41(25-44(42)75-14-7-15-76(62,63)64)56-52-36-12-10-34(77(65,66)67)24-46(36)78(68,69)70)27(2)16-37(26)53-54-38-18-29(4)40(19-28(38)3)57-59-48-47(79(71,72)73)22-31-21-32(8-11-35(31)49(48)61)50-51-33-9-13-43(60)45(23-33)74-6/h8-13,16-25,60-61H,7,14-15H2,1-6H3,(H,62,63,64)(H,65,66,67)(H,68,69,70)(H,71,72,73). The molecule has 7 aromatic rings. The second kappa shape index (κ2) is 23.3. The molecule has 0 spiro atoms. The lowest BCUT2D eigenvalue weighted by atomic mass is 10.1. The minimum atomic E-state index is -5.06. The van der Waals surface area contributed by atoms with Crippen molar-refractivity contribution in [2.75, 3.05) is 19.5 Å². The van der Waals surface area contributed by atoms with E-state index in [4.69, 9.17) is 9.47 Å². The quantitative estimate of drug-likeness (QED) is 0.0249. The molecule has 30 heteroatoms. The number of benzene rings is 7. The highest BCUT2D eigenvalue weighted by Crippen LogP contribution is 2.44. The Morgan fingerprint density at radius 3 is 1.42 bits per heavy atom. The number of phenolic OH excluding ortho intramolecular Hbond substituents is 2. The van der Waals surface area contributed by atoms with Crippen LogP contribution in [-0.2, 0) is 40.5 Å². The van der Waals surface area contributed by atoms with E-state index < -0.39 is 78.0 Å². The van der Waals surface area contributed by atoms with Crippen molar-refractivity contribution in [1.82, 2.24) is 0 Å². The van der Waals surface area contributed by atoms with E-state index in [2.05, 4.69) is 51.1 Å². The number of ether oxygens (including phenoxy) is 2. The smallest absolute Gasteiger partial charge is 0.296 e. The average molecular weight is 1160 g/mol. The first-order valence-electron chi connectivity index (χ1n) is 22.8. The van der Waals surface area contributed by atoms with Gasteiger partial charge in [0.05, 0.1) is 64.2 Å². The van der Waals surface area contributed by atoms with Crippen LogP contribution in [0.15, 0.2) is 163 Å². The van der Waals surface area contributed by atoms with Crippen LogP contribution < -0.4 is 9.47 Å². The monoisotopic (exact) mass is 1160 g/mol. The lowest BCUT2D eigenvalue weighted by Gasteiger charge is -2.11. The van der Waals surface area contributed by atoms with Crippen molar-refractivity contribution < 1.29 is 71.6 Å². The highest BCUT2D eigenvalue weighted by molar-refractivity contribution is 7.87. The second-order valence-corrected chi connectivity index (χ2v) is 23.1. The maximum absolute atomic E-state index is 12.6. The summed E-state index contributed by atoms with van der Waals surface area (Å²) < 4.78 is 145. The number of nitrogens with zero attached hydrogens (tertiary/aromatic N) is 10. The third kappa shape index (κ3) is 14.6. The summed E-state index contributed by atoms with van der Waals surface area (Å²) >= 11 is 0. The van der Waals surface area contributed by atoms with Gasteiger partial charge in [0.15, 0.2) is 17.2 Å². The number of aryl methyl sites for hydroxylation is 5. The summed E-state index contributed by atoms with van der Waals surface area (Å²) in [4.78, 5) is -2.51. The Morgan fingerprint density at radius 2 is 0.911 bits per heavy atom. The molecule has 0 heterocycles. The van der Waals surface area contributed by atoms with Crippen LogP contribution in [0.2, 0.25) is 0 Å². The van der Waals surface area contributed by atoms with Crippen LogP contribution in [0, 0.1) is 34.6 Å². The molecule has 0 atom stereocenters. The molecule has 0 unspecified atom stereocenters. The summed E-state index contributed by atoms with van der Waals surface area (Å²) in [6.07, 6.45) is -0.139. The number of fused-ring (bicyclic) bond motifs is 1. The first-order valence-corrected chi connectivity index (χ1v) is 28.7. The third-order valence-corrected chi connectivity index (χ3v) is 14.8. The number of azo groups is 5. The Hall–Kier alpha value is -8.36. The number of hydrogen-bond acceptors (Lipinski definition) is 22. The predicted molar refractivity (Wildman–Crippen MR) is 287 cm³/mol. The molecule has 0 saturated heterocycles. The highest BCUT2D eigenvalue weighted by Gasteiger charge is 2.24. The van der Waals surface area contributed by atoms with Crippen LogP contribution in [0.5, 0.6) is 23.0 Å². The number of aromatic hydroxyl groups is 2. The van der Waals surface area contributed by atoms with E-state index in [0.717, 1.165) is 18.2 Å². The lowest BCUT2D eigenvalue weighted by Crippen LogP contribution is -2.08. The van der Waals surface area contributed by atoms with Gasteiger partial charge in [0.2, 0.25) is 0 Å². The van der Waals surface area contributed by atoms with Gasteiger partial charge in [0.25, 0.3) is 40.5 Å². The molecular formula is C49H46N10O16S4. The van der Waals surface area contributed by atoms with Crippen molar-refractivity contribution in [2.24, 2.45) is 51.1 Å². The summed E-state index contributed by atoms with van der Waals surface area (Å²) in [5.41, 5.74) is 4.15. The molecular weight excluding hydrogens is 1110 g/mol. The topological polar surface area (TPSA) is 400 Å². The van der Waals surface area contributed by atoms with Crippen molar-refractivity contribution in [3.63, 3.8) is 0 Å². The molecule has 0 saturated carbocycles. The van der Waals surface area contributed by atoms with Gasteiger partial charge in [-0.05, 0) is 159 Å². The minimum absolute atomic E-state index is 0.00782. The molecule has 79 heavy (non-hydrogen) atoms. The minimum Gasteiger partial charge on any atom is -0.505 e. The van der Waals surface area contributed by atoms with Crippen LogP contribution in [0.1, 0.15) is 34.2 Å². The predicted octanol–water partition coefficient (Wildman–Crippen LogP) is 13.3. The van der Waals surface area contributed by atoms with Crippen LogP contribution in [-0.4, -0.2) is 81.6 Å². The fourth-order valence-corrected chi connectivity index (χ4v) is 9.67. The van der Waals surface area contributed by atoms with Gasteiger partial charge in [0.1, 0.15) is 32.6 Å². The van der Waals surface area contributed by atoms with Crippen LogP contribution in [0.25, 0.3) is 10.8 Å². The molecule has 26 nitrogen and oxygen atoms in total. The first kappa shape index (κ1) is 58.3. The Balaban J connectivity index is 1.12. The Kier molecular flexibility index (Phi) is 17.2. The van der Waals surface area contributed by atoms with Crippen LogP contribution >= 0.6 is 0 Å². The van der Waals surface area contributed by atoms with E-state index in [-0.39, 0.29) is 63.8 Å². The van der Waals surface area contributed by atoms with Crippen molar-refractivity contribution in [2.45, 2.75) is 55.7 Å². The lowest BCUT2D eigenvalue weighted by molar-refractivity contribution is 0.317. The fourth-order valence-electron chi connectivity index (χ4n) is 7.30. The van der Waals surface area contributed by atoms with Gasteiger partial charge >= 0.3 is 0 Å². The molecule has 0 aliphatic carbocycles. The summed E-state index contributed by atoms with van der Waals surface area (Å²) in [6.45, 7) is 8.29. The Bertz CT molecular complexity index is 4230. The van der Waals surface area contributed by atoms with Crippen LogP contribution in [0.4, 0.5) is 56.9 Å². The zero-order valence-corrected chi connectivity index (χ0v) is 45.5. The largest absolute Gasteiger partial charge is 0.505 e. The molecule has 0 aliphatic rings. The van der Waals surface area contributed by atoms with Crippen molar-refractivity contribution in [3.05, 3.63) is 125 Å². The number of hydrogen-bond donors (Lipinski definition) is 6. The zero-order valence-electron chi connectivity index (χ0n) is 42.2. The first-order chi connectivity index (χ1) is 37.0. The molecule has 0 fully saturated rings. The summed E-state index contributed by atoms with van der Waals surface area (Å²) in [7, 11) is -17.8. The average Bonchev–Trinajstić information content (AvgIpc) is 3.46. The van der Waals surface area contributed by atoms with E-state index in [1.54, 1.807) is 58.9 Å². The number of rotatable bonds is 19. The maximum Gasteiger partial charge on any atom is 0.296 e. The molecule has 7 rings (SSSR count). The molecule has 0 aliphatic heterocycles. The summed E-state index contributed by atoms with van der Waals surface area (Å²) in [5, 5.41) is 63.8. The van der Waals surface area contributed by atoms with E-state index >= 15 is 0 Å². The van der Waals surface area contributed by atoms with E-state index in [1.807, 2.05) is 0 Å². The molecule has 0 aromatic heterocycles. The Labute approximate surface area is 451 Å². The van der Waals surface area contributed by atoms with Crippen molar-refractivity contribution in [3.8, 4) is 23.0 Å². The van der Waals surface area contributed by atoms with E-state index in [9.17, 15) is 62.1 Å². The Morgan fingerprint density at radius 1 is 0.443 bits per heavy atom. The molecule has 0 amide bonds. The zero-order chi connectivity index (χ0) is 57.8. The van der Waals surface area contributed by atoms with Crippen LogP contribution in [0.3, 0.4) is 0 Å².